The molecule has 0 aliphatic rings. The second kappa shape index (κ2) is 8.10. The quantitative estimate of drug-likeness (QED) is 0.677. The standard InChI is InChI=1S/C20H11BrN6/c21-18-9-14(11-23)3-6-16(18)17(12-24)19-7-8-25-20(27-19)26-15-4-1-13(10-22)2-5-15/h1-9,17H,(H,25,26,27). The zero-order valence-corrected chi connectivity index (χ0v) is 15.5. The van der Waals surface area contributed by atoms with E-state index in [9.17, 15) is 5.26 Å². The molecule has 1 heterocycles. The smallest absolute Gasteiger partial charge is 0.227 e. The Labute approximate surface area is 164 Å². The van der Waals surface area contributed by atoms with Gasteiger partial charge in [0, 0.05) is 16.4 Å². The maximum atomic E-state index is 9.67. The number of rotatable bonds is 4. The Morgan fingerprint density at radius 3 is 2.26 bits per heavy atom. The zero-order chi connectivity index (χ0) is 19.2. The minimum absolute atomic E-state index is 0.349. The van der Waals surface area contributed by atoms with Crippen molar-refractivity contribution in [1.82, 2.24) is 9.97 Å². The van der Waals surface area contributed by atoms with Gasteiger partial charge >= 0.3 is 0 Å². The lowest BCUT2D eigenvalue weighted by Gasteiger charge is -2.13. The normalized spacial score (nSPS) is 10.9. The van der Waals surface area contributed by atoms with Crippen molar-refractivity contribution in [2.24, 2.45) is 0 Å². The van der Waals surface area contributed by atoms with E-state index in [-0.39, 0.29) is 0 Å². The Morgan fingerprint density at radius 2 is 1.63 bits per heavy atom. The highest BCUT2D eigenvalue weighted by Gasteiger charge is 2.19. The van der Waals surface area contributed by atoms with E-state index in [0.29, 0.717) is 27.2 Å². The van der Waals surface area contributed by atoms with Gasteiger partial charge in [-0.25, -0.2) is 9.97 Å². The highest BCUT2D eigenvalue weighted by Crippen LogP contribution is 2.30. The van der Waals surface area contributed by atoms with Gasteiger partial charge in [-0.3, -0.25) is 0 Å². The number of hydrogen-bond acceptors (Lipinski definition) is 6. The summed E-state index contributed by atoms with van der Waals surface area (Å²) in [4.78, 5) is 8.63. The summed E-state index contributed by atoms with van der Waals surface area (Å²) in [7, 11) is 0. The first-order valence-corrected chi connectivity index (χ1v) is 8.63. The van der Waals surface area contributed by atoms with Gasteiger partial charge in [-0.15, -0.1) is 0 Å². The molecule has 0 aliphatic carbocycles. The number of hydrogen-bond donors (Lipinski definition) is 1. The van der Waals surface area contributed by atoms with Gasteiger partial charge in [0.25, 0.3) is 0 Å². The molecule has 6 nitrogen and oxygen atoms in total. The fourth-order valence-corrected chi connectivity index (χ4v) is 3.08. The van der Waals surface area contributed by atoms with E-state index in [4.69, 9.17) is 10.5 Å². The van der Waals surface area contributed by atoms with Crippen LogP contribution in [0.3, 0.4) is 0 Å². The van der Waals surface area contributed by atoms with E-state index in [1.54, 1.807) is 54.7 Å². The van der Waals surface area contributed by atoms with E-state index in [1.165, 1.54) is 0 Å². The Bertz CT molecular complexity index is 1100. The van der Waals surface area contributed by atoms with Crippen LogP contribution in [-0.2, 0) is 0 Å². The Morgan fingerprint density at radius 1 is 0.926 bits per heavy atom. The van der Waals surface area contributed by atoms with Crippen molar-refractivity contribution >= 4 is 27.6 Å². The molecule has 0 fully saturated rings. The van der Waals surface area contributed by atoms with Gasteiger partial charge < -0.3 is 5.32 Å². The number of nitrogens with one attached hydrogen (secondary N) is 1. The summed E-state index contributed by atoms with van der Waals surface area (Å²) in [5.74, 6) is -0.265. The Hall–Kier alpha value is -3.73. The molecule has 0 saturated carbocycles. The van der Waals surface area contributed by atoms with Gasteiger partial charge in [-0.1, -0.05) is 22.0 Å². The predicted molar refractivity (Wildman–Crippen MR) is 103 cm³/mol. The van der Waals surface area contributed by atoms with Crippen LogP contribution in [0.5, 0.6) is 0 Å². The van der Waals surface area contributed by atoms with Gasteiger partial charge in [0.2, 0.25) is 5.95 Å². The second-order valence-corrected chi connectivity index (χ2v) is 6.38. The lowest BCUT2D eigenvalue weighted by Crippen LogP contribution is -2.05. The van der Waals surface area contributed by atoms with Crippen molar-refractivity contribution in [1.29, 1.82) is 15.8 Å². The molecule has 0 radical (unpaired) electrons. The van der Waals surface area contributed by atoms with Crippen LogP contribution in [0.2, 0.25) is 0 Å². The molecule has 0 spiro atoms. The predicted octanol–water partition coefficient (Wildman–Crippen LogP) is 4.38. The third-order valence-electron chi connectivity index (χ3n) is 3.81. The first-order chi connectivity index (χ1) is 13.1. The SMILES string of the molecule is N#Cc1ccc(Nc2nccc(C(C#N)c3ccc(C#N)cc3Br)n2)cc1. The van der Waals surface area contributed by atoms with Gasteiger partial charge in [-0.05, 0) is 48.0 Å². The number of nitriles is 3. The van der Waals surface area contributed by atoms with Crippen molar-refractivity contribution < 1.29 is 0 Å². The molecule has 128 valence electrons. The highest BCUT2D eigenvalue weighted by molar-refractivity contribution is 9.10. The van der Waals surface area contributed by atoms with Crippen molar-refractivity contribution in [2.45, 2.75) is 5.92 Å². The lowest BCUT2D eigenvalue weighted by molar-refractivity contribution is 0.943. The molecule has 0 aliphatic heterocycles. The van der Waals surface area contributed by atoms with E-state index in [1.807, 2.05) is 0 Å². The van der Waals surface area contributed by atoms with Crippen LogP contribution < -0.4 is 5.32 Å². The van der Waals surface area contributed by atoms with Crippen molar-refractivity contribution in [3.63, 3.8) is 0 Å². The number of benzene rings is 2. The van der Waals surface area contributed by atoms with E-state index in [2.05, 4.69) is 49.4 Å². The Kier molecular flexibility index (Phi) is 5.42. The number of halogens is 1. The summed E-state index contributed by atoms with van der Waals surface area (Å²) in [6.45, 7) is 0. The van der Waals surface area contributed by atoms with E-state index < -0.39 is 5.92 Å². The average molecular weight is 415 g/mol. The fraction of sp³-hybridized carbons (Fsp3) is 0.0500. The molecule has 1 aromatic heterocycles. The second-order valence-electron chi connectivity index (χ2n) is 5.53. The molecule has 27 heavy (non-hydrogen) atoms. The number of nitrogens with zero attached hydrogens (tertiary/aromatic N) is 5. The molecular weight excluding hydrogens is 404 g/mol. The van der Waals surface area contributed by atoms with Crippen LogP contribution >= 0.6 is 15.9 Å². The molecule has 0 bridgehead atoms. The average Bonchev–Trinajstić information content (AvgIpc) is 2.70. The minimum atomic E-state index is -0.614. The van der Waals surface area contributed by atoms with Crippen molar-refractivity contribution in [3.05, 3.63) is 81.6 Å². The molecule has 0 amide bonds. The third-order valence-corrected chi connectivity index (χ3v) is 4.50. The van der Waals surface area contributed by atoms with Crippen LogP contribution in [0.4, 0.5) is 11.6 Å². The summed E-state index contributed by atoms with van der Waals surface area (Å²) in [6, 6.07) is 20.1. The maximum absolute atomic E-state index is 9.67. The summed E-state index contributed by atoms with van der Waals surface area (Å²) < 4.78 is 0.674. The first kappa shape index (κ1) is 18.1. The summed E-state index contributed by atoms with van der Waals surface area (Å²) in [6.07, 6.45) is 1.58. The van der Waals surface area contributed by atoms with E-state index >= 15 is 0 Å². The molecule has 3 rings (SSSR count). The van der Waals surface area contributed by atoms with Crippen LogP contribution in [0.15, 0.2) is 59.2 Å². The first-order valence-electron chi connectivity index (χ1n) is 7.84. The molecular formula is C20H11BrN6. The molecule has 1 N–H and O–H groups in total. The fourth-order valence-electron chi connectivity index (χ4n) is 2.48. The number of anilines is 2. The summed E-state index contributed by atoms with van der Waals surface area (Å²) >= 11 is 3.42. The molecule has 1 atom stereocenters. The summed E-state index contributed by atoms with van der Waals surface area (Å²) in [5.41, 5.74) is 3.06. The number of aromatic nitrogens is 2. The topological polar surface area (TPSA) is 109 Å². The van der Waals surface area contributed by atoms with Crippen LogP contribution in [-0.4, -0.2) is 9.97 Å². The molecule has 0 saturated heterocycles. The minimum Gasteiger partial charge on any atom is -0.324 e. The van der Waals surface area contributed by atoms with Gasteiger partial charge in [-0.2, -0.15) is 15.8 Å². The monoisotopic (exact) mass is 414 g/mol. The molecule has 2 aromatic carbocycles. The molecule has 1 unspecified atom stereocenters. The molecule has 3 aromatic rings. The van der Waals surface area contributed by atoms with E-state index in [0.717, 1.165) is 11.3 Å². The Balaban J connectivity index is 1.90. The molecule has 7 heteroatoms. The van der Waals surface area contributed by atoms with Crippen LogP contribution in [0.25, 0.3) is 0 Å². The van der Waals surface area contributed by atoms with Gasteiger partial charge in [0.05, 0.1) is 35.0 Å². The van der Waals surface area contributed by atoms with Crippen LogP contribution in [0.1, 0.15) is 28.3 Å². The van der Waals surface area contributed by atoms with Crippen molar-refractivity contribution in [3.8, 4) is 18.2 Å². The third kappa shape index (κ3) is 4.10. The maximum Gasteiger partial charge on any atom is 0.227 e. The van der Waals surface area contributed by atoms with Crippen molar-refractivity contribution in [2.75, 3.05) is 5.32 Å². The zero-order valence-electron chi connectivity index (χ0n) is 13.9. The summed E-state index contributed by atoms with van der Waals surface area (Å²) in [5, 5.41) is 30.6. The van der Waals surface area contributed by atoms with Crippen LogP contribution in [0, 0.1) is 34.0 Å². The lowest BCUT2D eigenvalue weighted by atomic mass is 9.96. The van der Waals surface area contributed by atoms with Gasteiger partial charge in [0.15, 0.2) is 0 Å². The highest BCUT2D eigenvalue weighted by atomic mass is 79.9. The van der Waals surface area contributed by atoms with Gasteiger partial charge in [0.1, 0.15) is 5.92 Å². The largest absolute Gasteiger partial charge is 0.324 e.